The van der Waals surface area contributed by atoms with E-state index in [0.29, 0.717) is 8.95 Å². The predicted octanol–water partition coefficient (Wildman–Crippen LogP) is 5.37. The molecule has 2 aromatic heterocycles. The quantitative estimate of drug-likeness (QED) is 0.539. The maximum Gasteiger partial charge on any atom is 0.157 e. The van der Waals surface area contributed by atoms with Crippen LogP contribution >= 0.6 is 47.8 Å². The van der Waals surface area contributed by atoms with Crippen molar-refractivity contribution in [1.29, 1.82) is 0 Å². The molecule has 0 aliphatic rings. The molecule has 0 amide bonds. The molecule has 2 aromatic rings. The van der Waals surface area contributed by atoms with Gasteiger partial charge in [-0.25, -0.2) is 13.8 Å². The molecule has 19 heavy (non-hydrogen) atoms. The Labute approximate surface area is 134 Å². The van der Waals surface area contributed by atoms with Gasteiger partial charge in [-0.15, -0.1) is 0 Å². The summed E-state index contributed by atoms with van der Waals surface area (Å²) in [5.74, 6) is -0.714. The standard InChI is InChI=1S/C7H5BrFN.C5H2Br2FN/c1-2-7-6(9)3-5(8)4-10-7;6-3-1-4(8)5(7)9-2-3/h2-4H,1H2;1-2H. The Morgan fingerprint density at radius 2 is 1.47 bits per heavy atom. The molecule has 0 N–H and O–H groups in total. The fraction of sp³-hybridized carbons (Fsp3) is 0. The maximum absolute atomic E-state index is 12.7. The lowest BCUT2D eigenvalue weighted by molar-refractivity contribution is 0.612. The molecule has 2 rings (SSSR count). The van der Waals surface area contributed by atoms with E-state index in [1.807, 2.05) is 0 Å². The lowest BCUT2D eigenvalue weighted by Gasteiger charge is -1.93. The molecule has 0 saturated heterocycles. The summed E-state index contributed by atoms with van der Waals surface area (Å²) in [5, 5.41) is 0. The van der Waals surface area contributed by atoms with Crippen molar-refractivity contribution in [1.82, 2.24) is 9.97 Å². The van der Waals surface area contributed by atoms with Crippen molar-refractivity contribution in [3.05, 3.63) is 62.0 Å². The van der Waals surface area contributed by atoms with Crippen molar-refractivity contribution >= 4 is 53.9 Å². The molecule has 0 fully saturated rings. The Morgan fingerprint density at radius 3 is 1.89 bits per heavy atom. The van der Waals surface area contributed by atoms with Gasteiger partial charge in [0.25, 0.3) is 0 Å². The van der Waals surface area contributed by atoms with Crippen LogP contribution in [0.5, 0.6) is 0 Å². The molecule has 0 unspecified atom stereocenters. The van der Waals surface area contributed by atoms with Gasteiger partial charge >= 0.3 is 0 Å². The van der Waals surface area contributed by atoms with Gasteiger partial charge in [0.2, 0.25) is 0 Å². The third-order valence-corrected chi connectivity index (χ3v) is 3.24. The molecule has 0 bridgehead atoms. The molecule has 0 spiro atoms. The van der Waals surface area contributed by atoms with Crippen molar-refractivity contribution in [3.63, 3.8) is 0 Å². The highest BCUT2D eigenvalue weighted by Gasteiger charge is 1.98. The fourth-order valence-electron chi connectivity index (χ4n) is 0.973. The highest BCUT2D eigenvalue weighted by Crippen LogP contribution is 2.16. The fourth-order valence-corrected chi connectivity index (χ4v) is 1.80. The molecule has 2 heterocycles. The van der Waals surface area contributed by atoms with E-state index < -0.39 is 0 Å². The molecular weight excluding hydrogens is 450 g/mol. The van der Waals surface area contributed by atoms with Crippen LogP contribution in [-0.4, -0.2) is 9.97 Å². The SMILES string of the molecule is C=Cc1ncc(Br)cc1F.Fc1cc(Br)cnc1Br. The highest BCUT2D eigenvalue weighted by molar-refractivity contribution is 9.11. The minimum atomic E-state index is -0.357. The van der Waals surface area contributed by atoms with Crippen LogP contribution in [0.1, 0.15) is 5.69 Å². The topological polar surface area (TPSA) is 25.8 Å². The van der Waals surface area contributed by atoms with Crippen molar-refractivity contribution < 1.29 is 8.78 Å². The summed E-state index contributed by atoms with van der Waals surface area (Å²) >= 11 is 9.08. The average molecular weight is 457 g/mol. The smallest absolute Gasteiger partial charge is 0.157 e. The number of rotatable bonds is 1. The summed E-state index contributed by atoms with van der Waals surface area (Å²) in [6.45, 7) is 3.40. The molecule has 0 aliphatic carbocycles. The normalized spacial score (nSPS) is 9.53. The highest BCUT2D eigenvalue weighted by atomic mass is 79.9. The molecule has 0 radical (unpaired) electrons. The molecule has 0 aliphatic heterocycles. The van der Waals surface area contributed by atoms with Gasteiger partial charge in [0.15, 0.2) is 5.82 Å². The second-order valence-electron chi connectivity index (χ2n) is 3.15. The number of hydrogen-bond acceptors (Lipinski definition) is 2. The van der Waals surface area contributed by atoms with Crippen LogP contribution in [0.2, 0.25) is 0 Å². The summed E-state index contributed by atoms with van der Waals surface area (Å²) < 4.78 is 26.6. The second kappa shape index (κ2) is 7.81. The summed E-state index contributed by atoms with van der Waals surface area (Å²) in [6.07, 6.45) is 4.43. The third kappa shape index (κ3) is 5.46. The van der Waals surface area contributed by atoms with Crippen molar-refractivity contribution in [2.45, 2.75) is 0 Å². The Morgan fingerprint density at radius 1 is 0.947 bits per heavy atom. The Hall–Kier alpha value is -0.660. The number of aromatic nitrogens is 2. The largest absolute Gasteiger partial charge is 0.253 e. The molecular formula is C12H7Br3F2N2. The zero-order valence-electron chi connectivity index (χ0n) is 9.38. The van der Waals surface area contributed by atoms with Gasteiger partial charge in [0.1, 0.15) is 10.4 Å². The molecule has 0 saturated carbocycles. The van der Waals surface area contributed by atoms with E-state index in [0.717, 1.165) is 0 Å². The Balaban J connectivity index is 0.000000191. The molecule has 0 atom stereocenters. The van der Waals surface area contributed by atoms with Gasteiger partial charge in [0.05, 0.1) is 5.69 Å². The van der Waals surface area contributed by atoms with E-state index in [4.69, 9.17) is 0 Å². The van der Waals surface area contributed by atoms with Crippen LogP contribution in [0.3, 0.4) is 0 Å². The summed E-state index contributed by atoms with van der Waals surface area (Å²) in [6, 6.07) is 2.70. The number of halogens is 5. The number of pyridine rings is 2. The monoisotopic (exact) mass is 454 g/mol. The first-order chi connectivity index (χ1) is 8.93. The first kappa shape index (κ1) is 16.4. The van der Waals surface area contributed by atoms with E-state index in [2.05, 4.69) is 64.3 Å². The molecule has 0 aromatic carbocycles. The summed E-state index contributed by atoms with van der Waals surface area (Å²) in [5.41, 5.74) is 0.281. The van der Waals surface area contributed by atoms with E-state index >= 15 is 0 Å². The van der Waals surface area contributed by atoms with Crippen molar-refractivity contribution in [2.75, 3.05) is 0 Å². The molecule has 7 heteroatoms. The van der Waals surface area contributed by atoms with Crippen LogP contribution in [0.4, 0.5) is 8.78 Å². The minimum absolute atomic E-state index is 0.241. The van der Waals surface area contributed by atoms with E-state index in [9.17, 15) is 8.78 Å². The van der Waals surface area contributed by atoms with Crippen LogP contribution in [0, 0.1) is 11.6 Å². The first-order valence-electron chi connectivity index (χ1n) is 4.84. The van der Waals surface area contributed by atoms with E-state index in [1.54, 1.807) is 0 Å². The lowest BCUT2D eigenvalue weighted by atomic mass is 10.3. The van der Waals surface area contributed by atoms with Gasteiger partial charge in [-0.1, -0.05) is 6.58 Å². The summed E-state index contributed by atoms with van der Waals surface area (Å²) in [4.78, 5) is 7.43. The van der Waals surface area contributed by atoms with E-state index in [-0.39, 0.29) is 21.9 Å². The van der Waals surface area contributed by atoms with Gasteiger partial charge in [0, 0.05) is 21.3 Å². The zero-order valence-corrected chi connectivity index (χ0v) is 14.1. The number of nitrogens with zero attached hydrogens (tertiary/aromatic N) is 2. The van der Waals surface area contributed by atoms with Gasteiger partial charge < -0.3 is 0 Å². The molecule has 2 nitrogen and oxygen atoms in total. The van der Waals surface area contributed by atoms with Crippen LogP contribution in [0.25, 0.3) is 6.08 Å². The Kier molecular flexibility index (Phi) is 6.74. The predicted molar refractivity (Wildman–Crippen MR) is 81.6 cm³/mol. The van der Waals surface area contributed by atoms with Crippen LogP contribution in [-0.2, 0) is 0 Å². The zero-order chi connectivity index (χ0) is 14.4. The maximum atomic E-state index is 12.7. The van der Waals surface area contributed by atoms with E-state index in [1.165, 1.54) is 30.6 Å². The molecule has 100 valence electrons. The number of hydrogen-bond donors (Lipinski definition) is 0. The average Bonchev–Trinajstić information content (AvgIpc) is 2.35. The third-order valence-electron chi connectivity index (χ3n) is 1.79. The first-order valence-corrected chi connectivity index (χ1v) is 7.22. The minimum Gasteiger partial charge on any atom is -0.253 e. The van der Waals surface area contributed by atoms with Gasteiger partial charge in [-0.3, -0.25) is 4.98 Å². The van der Waals surface area contributed by atoms with Gasteiger partial charge in [-0.2, -0.15) is 0 Å². The summed E-state index contributed by atoms with van der Waals surface area (Å²) in [7, 11) is 0. The van der Waals surface area contributed by atoms with Crippen molar-refractivity contribution in [2.24, 2.45) is 0 Å². The van der Waals surface area contributed by atoms with Crippen molar-refractivity contribution in [3.8, 4) is 0 Å². The Bertz CT molecular complexity index is 591. The second-order valence-corrected chi connectivity index (χ2v) is 5.73. The lowest BCUT2D eigenvalue weighted by Crippen LogP contribution is -1.85. The van der Waals surface area contributed by atoms with Crippen LogP contribution < -0.4 is 0 Å². The van der Waals surface area contributed by atoms with Crippen LogP contribution in [0.15, 0.2) is 44.7 Å². The van der Waals surface area contributed by atoms with Gasteiger partial charge in [-0.05, 0) is 66.0 Å².